The molecule has 144 valence electrons. The summed E-state index contributed by atoms with van der Waals surface area (Å²) in [6.07, 6.45) is 3.89. The summed E-state index contributed by atoms with van der Waals surface area (Å²) in [4.78, 5) is 25.4. The molecule has 7 nitrogen and oxygen atoms in total. The predicted octanol–water partition coefficient (Wildman–Crippen LogP) is 3.12. The molecule has 0 spiro atoms. The van der Waals surface area contributed by atoms with Crippen molar-refractivity contribution in [3.63, 3.8) is 0 Å². The smallest absolute Gasteiger partial charge is 0.311 e. The van der Waals surface area contributed by atoms with Gasteiger partial charge in [0.25, 0.3) is 0 Å². The van der Waals surface area contributed by atoms with Gasteiger partial charge in [-0.3, -0.25) is 19.8 Å². The number of rotatable bonds is 8. The van der Waals surface area contributed by atoms with Crippen LogP contribution in [0.5, 0.6) is 5.75 Å². The molecule has 1 amide bonds. The lowest BCUT2D eigenvalue weighted by Gasteiger charge is -2.37. The Morgan fingerprint density at radius 3 is 2.85 bits per heavy atom. The molecule has 2 unspecified atom stereocenters. The van der Waals surface area contributed by atoms with E-state index in [9.17, 15) is 14.9 Å². The lowest BCUT2D eigenvalue weighted by Crippen LogP contribution is -2.46. The lowest BCUT2D eigenvalue weighted by molar-refractivity contribution is -0.385. The molecular weight excluding hydrogens is 334 g/mol. The quantitative estimate of drug-likeness (QED) is 0.436. The number of amides is 1. The number of nitrogens with one attached hydrogen (secondary N) is 1. The average molecular weight is 363 g/mol. The lowest BCUT2D eigenvalue weighted by atomic mass is 9.92. The largest absolute Gasteiger partial charge is 0.490 e. The molecule has 26 heavy (non-hydrogen) atoms. The third kappa shape index (κ3) is 5.17. The van der Waals surface area contributed by atoms with E-state index >= 15 is 0 Å². The number of hydrogen-bond acceptors (Lipinski definition) is 5. The maximum absolute atomic E-state index is 12.4. The van der Waals surface area contributed by atoms with Crippen molar-refractivity contribution in [2.45, 2.75) is 52.1 Å². The second kappa shape index (κ2) is 9.52. The van der Waals surface area contributed by atoms with E-state index in [-0.39, 0.29) is 23.3 Å². The number of hydrogen-bond donors (Lipinski definition) is 1. The van der Waals surface area contributed by atoms with Crippen LogP contribution in [0.3, 0.4) is 0 Å². The van der Waals surface area contributed by atoms with Crippen LogP contribution in [0, 0.1) is 16.0 Å². The highest BCUT2D eigenvalue weighted by Crippen LogP contribution is 2.30. The summed E-state index contributed by atoms with van der Waals surface area (Å²) < 4.78 is 5.06. The van der Waals surface area contributed by atoms with E-state index in [4.69, 9.17) is 4.74 Å². The topological polar surface area (TPSA) is 84.7 Å². The predicted molar refractivity (Wildman–Crippen MR) is 100 cm³/mol. The minimum atomic E-state index is -0.425. The van der Waals surface area contributed by atoms with Gasteiger partial charge in [0.1, 0.15) is 0 Å². The molecular formula is C19H29N3O4. The first-order chi connectivity index (χ1) is 12.5. The highest BCUT2D eigenvalue weighted by molar-refractivity contribution is 5.78. The van der Waals surface area contributed by atoms with Crippen molar-refractivity contribution in [2.24, 2.45) is 5.92 Å². The molecule has 1 saturated heterocycles. The molecule has 2 atom stereocenters. The molecule has 1 aromatic rings. The van der Waals surface area contributed by atoms with E-state index in [1.807, 2.05) is 6.07 Å². The summed E-state index contributed by atoms with van der Waals surface area (Å²) in [5, 5.41) is 14.2. The zero-order valence-corrected chi connectivity index (χ0v) is 15.9. The van der Waals surface area contributed by atoms with Gasteiger partial charge in [0.05, 0.1) is 18.0 Å². The van der Waals surface area contributed by atoms with Gasteiger partial charge in [0.15, 0.2) is 5.75 Å². The van der Waals surface area contributed by atoms with Crippen molar-refractivity contribution in [3.05, 3.63) is 33.9 Å². The minimum absolute atomic E-state index is 0.0173. The summed E-state index contributed by atoms with van der Waals surface area (Å²) >= 11 is 0. The van der Waals surface area contributed by atoms with Crippen LogP contribution in [0.1, 0.15) is 45.1 Å². The first-order valence-electron chi connectivity index (χ1n) is 9.29. The Labute approximate surface area is 154 Å². The molecule has 2 rings (SSSR count). The number of nitro benzene ring substituents is 1. The van der Waals surface area contributed by atoms with E-state index in [1.165, 1.54) is 7.11 Å². The van der Waals surface area contributed by atoms with Crippen molar-refractivity contribution in [2.75, 3.05) is 20.2 Å². The van der Waals surface area contributed by atoms with Crippen LogP contribution in [0.2, 0.25) is 0 Å². The SMILES string of the molecule is CCCCNC(=O)C1CCC(C)N(Cc2ccc(OC)c([N+](=O)[O-])c2)C1. The van der Waals surface area contributed by atoms with E-state index < -0.39 is 4.92 Å². The molecule has 0 aliphatic carbocycles. The summed E-state index contributed by atoms with van der Waals surface area (Å²) in [6.45, 7) is 6.24. The van der Waals surface area contributed by atoms with Crippen molar-refractivity contribution in [1.82, 2.24) is 10.2 Å². The van der Waals surface area contributed by atoms with Crippen molar-refractivity contribution in [3.8, 4) is 5.75 Å². The summed E-state index contributed by atoms with van der Waals surface area (Å²) in [5.41, 5.74) is 0.833. The number of likely N-dealkylation sites (tertiary alicyclic amines) is 1. The number of piperidine rings is 1. The zero-order chi connectivity index (χ0) is 19.1. The maximum Gasteiger partial charge on any atom is 0.311 e. The van der Waals surface area contributed by atoms with Crippen LogP contribution in [0.25, 0.3) is 0 Å². The number of carbonyl (C=O) groups excluding carboxylic acids is 1. The van der Waals surface area contributed by atoms with Gasteiger partial charge >= 0.3 is 5.69 Å². The summed E-state index contributed by atoms with van der Waals surface area (Å²) in [7, 11) is 1.43. The zero-order valence-electron chi connectivity index (χ0n) is 15.9. The van der Waals surface area contributed by atoms with Gasteiger partial charge in [-0.1, -0.05) is 19.4 Å². The molecule has 1 aliphatic heterocycles. The molecule has 1 N–H and O–H groups in total. The van der Waals surface area contributed by atoms with Crippen LogP contribution in [-0.2, 0) is 11.3 Å². The first-order valence-corrected chi connectivity index (χ1v) is 9.29. The Balaban J connectivity index is 2.04. The van der Waals surface area contributed by atoms with Gasteiger partial charge < -0.3 is 10.1 Å². The Morgan fingerprint density at radius 1 is 1.42 bits per heavy atom. The van der Waals surface area contributed by atoms with E-state index in [0.717, 1.165) is 37.8 Å². The van der Waals surface area contributed by atoms with Crippen molar-refractivity contribution in [1.29, 1.82) is 0 Å². The normalized spacial score (nSPS) is 20.6. The Kier molecular flexibility index (Phi) is 7.38. The molecule has 0 saturated carbocycles. The molecule has 7 heteroatoms. The molecule has 0 radical (unpaired) electrons. The highest BCUT2D eigenvalue weighted by atomic mass is 16.6. The molecule has 1 fully saturated rings. The Morgan fingerprint density at radius 2 is 2.19 bits per heavy atom. The molecule has 1 aliphatic rings. The Bertz CT molecular complexity index is 635. The third-order valence-electron chi connectivity index (χ3n) is 5.04. The number of ether oxygens (including phenoxy) is 1. The number of benzene rings is 1. The third-order valence-corrected chi connectivity index (χ3v) is 5.04. The van der Waals surface area contributed by atoms with Crippen LogP contribution >= 0.6 is 0 Å². The second-order valence-electron chi connectivity index (χ2n) is 6.96. The first kappa shape index (κ1) is 20.2. The number of nitro groups is 1. The number of carbonyl (C=O) groups is 1. The fourth-order valence-corrected chi connectivity index (χ4v) is 3.36. The molecule has 1 heterocycles. The van der Waals surface area contributed by atoms with Gasteiger partial charge in [-0.15, -0.1) is 0 Å². The van der Waals surface area contributed by atoms with Gasteiger partial charge in [0, 0.05) is 31.7 Å². The average Bonchev–Trinajstić information content (AvgIpc) is 2.63. The van der Waals surface area contributed by atoms with Crippen molar-refractivity contribution >= 4 is 11.6 Å². The highest BCUT2D eigenvalue weighted by Gasteiger charge is 2.30. The van der Waals surface area contributed by atoms with Gasteiger partial charge in [-0.05, 0) is 37.8 Å². The van der Waals surface area contributed by atoms with E-state index in [2.05, 4.69) is 24.1 Å². The number of unbranched alkanes of at least 4 members (excludes halogenated alkanes) is 1. The second-order valence-corrected chi connectivity index (χ2v) is 6.96. The molecule has 0 aromatic heterocycles. The number of methoxy groups -OCH3 is 1. The van der Waals surface area contributed by atoms with Gasteiger partial charge in [-0.2, -0.15) is 0 Å². The van der Waals surface area contributed by atoms with Crippen LogP contribution in [0.15, 0.2) is 18.2 Å². The monoisotopic (exact) mass is 363 g/mol. The fourth-order valence-electron chi connectivity index (χ4n) is 3.36. The van der Waals surface area contributed by atoms with E-state index in [0.29, 0.717) is 19.1 Å². The Hall–Kier alpha value is -2.15. The van der Waals surface area contributed by atoms with Crippen LogP contribution < -0.4 is 10.1 Å². The molecule has 0 bridgehead atoms. The van der Waals surface area contributed by atoms with Crippen LogP contribution in [-0.4, -0.2) is 42.0 Å². The maximum atomic E-state index is 12.4. The fraction of sp³-hybridized carbons (Fsp3) is 0.632. The number of nitrogens with zero attached hydrogens (tertiary/aromatic N) is 2. The van der Waals surface area contributed by atoms with Crippen molar-refractivity contribution < 1.29 is 14.5 Å². The summed E-state index contributed by atoms with van der Waals surface area (Å²) in [6, 6.07) is 5.40. The summed E-state index contributed by atoms with van der Waals surface area (Å²) in [5.74, 6) is 0.367. The van der Waals surface area contributed by atoms with Gasteiger partial charge in [-0.25, -0.2) is 0 Å². The minimum Gasteiger partial charge on any atom is -0.490 e. The van der Waals surface area contributed by atoms with Gasteiger partial charge in [0.2, 0.25) is 5.91 Å². The van der Waals surface area contributed by atoms with E-state index in [1.54, 1.807) is 12.1 Å². The van der Waals surface area contributed by atoms with Crippen LogP contribution in [0.4, 0.5) is 5.69 Å². The molecule has 1 aromatic carbocycles. The standard InChI is InChI=1S/C19H29N3O4/c1-4-5-10-20-19(23)16-8-6-14(2)21(13-16)12-15-7-9-18(26-3)17(11-15)22(24)25/h7,9,11,14,16H,4-6,8,10,12-13H2,1-3H3,(H,20,23).